The average Bonchev–Trinajstić information content (AvgIpc) is 2.73. The van der Waals surface area contributed by atoms with Crippen molar-refractivity contribution in [1.82, 2.24) is 4.90 Å². The molecule has 2 amide bonds. The van der Waals surface area contributed by atoms with E-state index in [1.807, 2.05) is 47.4 Å². The predicted molar refractivity (Wildman–Crippen MR) is 121 cm³/mol. The average molecular weight is 423 g/mol. The molecule has 0 aliphatic carbocycles. The molecular formula is C24H26N2O3S. The standard InChI is InChI=1S/C24H26N2O3S/c1-15-9-16(2)14-26(13-15)24(28)18-7-8-21-20(12-18)25-23(27)22(30-21)11-17-5-4-6-19(10-17)29-3/h4-8,10-12,15-16H,9,13-14H2,1-3H3,(H,25,27)/b22-11+/t15-,16-/m1/s1. The van der Waals surface area contributed by atoms with Crippen molar-refractivity contribution in [2.45, 2.75) is 25.2 Å². The van der Waals surface area contributed by atoms with Gasteiger partial charge in [-0.15, -0.1) is 0 Å². The summed E-state index contributed by atoms with van der Waals surface area (Å²) in [5.41, 5.74) is 2.21. The van der Waals surface area contributed by atoms with Crippen LogP contribution in [0.4, 0.5) is 5.69 Å². The van der Waals surface area contributed by atoms with Gasteiger partial charge in [-0.2, -0.15) is 0 Å². The monoisotopic (exact) mass is 422 g/mol. The number of hydrogen-bond acceptors (Lipinski definition) is 4. The number of methoxy groups -OCH3 is 1. The minimum absolute atomic E-state index is 0.0353. The number of hydrogen-bond donors (Lipinski definition) is 1. The van der Waals surface area contributed by atoms with Crippen LogP contribution in [0.3, 0.4) is 0 Å². The molecule has 2 heterocycles. The van der Waals surface area contributed by atoms with Crippen molar-refractivity contribution in [2.24, 2.45) is 11.8 Å². The SMILES string of the molecule is COc1cccc(/C=C2/Sc3ccc(C(=O)N4C[C@H](C)C[C@@H](C)C4)cc3NC2=O)c1. The van der Waals surface area contributed by atoms with Crippen LogP contribution in [0.2, 0.25) is 0 Å². The molecule has 156 valence electrons. The van der Waals surface area contributed by atoms with Crippen molar-refractivity contribution in [2.75, 3.05) is 25.5 Å². The van der Waals surface area contributed by atoms with Crippen LogP contribution >= 0.6 is 11.8 Å². The molecular weight excluding hydrogens is 396 g/mol. The molecule has 30 heavy (non-hydrogen) atoms. The summed E-state index contributed by atoms with van der Waals surface area (Å²) in [4.78, 5) is 29.1. The van der Waals surface area contributed by atoms with Crippen molar-refractivity contribution in [3.05, 3.63) is 58.5 Å². The number of carbonyl (C=O) groups excluding carboxylic acids is 2. The van der Waals surface area contributed by atoms with Crippen molar-refractivity contribution in [3.63, 3.8) is 0 Å². The minimum atomic E-state index is -0.167. The summed E-state index contributed by atoms with van der Waals surface area (Å²) >= 11 is 1.41. The highest BCUT2D eigenvalue weighted by Gasteiger charge is 2.28. The van der Waals surface area contributed by atoms with E-state index >= 15 is 0 Å². The smallest absolute Gasteiger partial charge is 0.262 e. The Balaban J connectivity index is 1.55. The molecule has 2 aromatic carbocycles. The van der Waals surface area contributed by atoms with E-state index in [0.29, 0.717) is 28.0 Å². The maximum atomic E-state index is 13.0. The van der Waals surface area contributed by atoms with Gasteiger partial charge in [-0.3, -0.25) is 9.59 Å². The summed E-state index contributed by atoms with van der Waals surface area (Å²) in [7, 11) is 1.62. The van der Waals surface area contributed by atoms with Crippen LogP contribution in [-0.4, -0.2) is 36.9 Å². The zero-order valence-corrected chi connectivity index (χ0v) is 18.3. The Kier molecular flexibility index (Phi) is 5.86. The normalized spacial score (nSPS) is 22.4. The fourth-order valence-electron chi connectivity index (χ4n) is 4.19. The molecule has 0 radical (unpaired) electrons. The van der Waals surface area contributed by atoms with E-state index in [0.717, 1.165) is 35.7 Å². The van der Waals surface area contributed by atoms with Crippen molar-refractivity contribution < 1.29 is 14.3 Å². The molecule has 0 spiro atoms. The van der Waals surface area contributed by atoms with Crippen molar-refractivity contribution in [1.29, 1.82) is 0 Å². The summed E-state index contributed by atoms with van der Waals surface area (Å²) in [6.07, 6.45) is 3.00. The third kappa shape index (κ3) is 4.38. The maximum Gasteiger partial charge on any atom is 0.262 e. The van der Waals surface area contributed by atoms with Crippen LogP contribution in [0.5, 0.6) is 5.75 Å². The highest BCUT2D eigenvalue weighted by atomic mass is 32.2. The second-order valence-electron chi connectivity index (χ2n) is 8.21. The molecule has 1 fully saturated rings. The molecule has 1 N–H and O–H groups in total. The molecule has 0 saturated carbocycles. The summed E-state index contributed by atoms with van der Waals surface area (Å²) in [5.74, 6) is 1.63. The Bertz CT molecular complexity index is 1010. The lowest BCUT2D eigenvalue weighted by atomic mass is 9.91. The van der Waals surface area contributed by atoms with Gasteiger partial charge in [0.15, 0.2) is 0 Å². The third-order valence-corrected chi connectivity index (χ3v) is 6.57. The van der Waals surface area contributed by atoms with Gasteiger partial charge in [0.05, 0.1) is 17.7 Å². The number of rotatable bonds is 3. The van der Waals surface area contributed by atoms with Crippen LogP contribution in [0.1, 0.15) is 36.2 Å². The minimum Gasteiger partial charge on any atom is -0.497 e. The molecule has 2 aliphatic rings. The fourth-order valence-corrected chi connectivity index (χ4v) is 5.12. The van der Waals surface area contributed by atoms with E-state index in [-0.39, 0.29) is 11.8 Å². The number of nitrogens with one attached hydrogen (secondary N) is 1. The highest BCUT2D eigenvalue weighted by molar-refractivity contribution is 8.04. The number of fused-ring (bicyclic) bond motifs is 1. The quantitative estimate of drug-likeness (QED) is 0.715. The highest BCUT2D eigenvalue weighted by Crippen LogP contribution is 2.39. The largest absolute Gasteiger partial charge is 0.497 e. The first-order valence-electron chi connectivity index (χ1n) is 10.2. The van der Waals surface area contributed by atoms with Gasteiger partial charge in [0.1, 0.15) is 5.75 Å². The first-order chi connectivity index (χ1) is 14.4. The van der Waals surface area contributed by atoms with E-state index in [4.69, 9.17) is 4.74 Å². The topological polar surface area (TPSA) is 58.6 Å². The van der Waals surface area contributed by atoms with Crippen LogP contribution < -0.4 is 10.1 Å². The molecule has 4 rings (SSSR count). The Morgan fingerprint density at radius 2 is 1.93 bits per heavy atom. The Hall–Kier alpha value is -2.73. The van der Waals surface area contributed by atoms with Gasteiger partial charge < -0.3 is 15.0 Å². The molecule has 1 saturated heterocycles. The molecule has 2 aromatic rings. The number of benzene rings is 2. The zero-order valence-electron chi connectivity index (χ0n) is 17.5. The molecule has 5 nitrogen and oxygen atoms in total. The van der Waals surface area contributed by atoms with E-state index in [2.05, 4.69) is 19.2 Å². The molecule has 0 aromatic heterocycles. The second kappa shape index (κ2) is 8.56. The van der Waals surface area contributed by atoms with Crippen molar-refractivity contribution >= 4 is 35.3 Å². The molecule has 6 heteroatoms. The third-order valence-electron chi connectivity index (χ3n) is 5.47. The number of likely N-dealkylation sites (tertiary alicyclic amines) is 1. The zero-order chi connectivity index (χ0) is 21.3. The number of carbonyl (C=O) groups is 2. The Morgan fingerprint density at radius 3 is 2.67 bits per heavy atom. The van der Waals surface area contributed by atoms with Crippen molar-refractivity contribution in [3.8, 4) is 5.75 Å². The van der Waals surface area contributed by atoms with Gasteiger partial charge in [-0.1, -0.05) is 37.7 Å². The van der Waals surface area contributed by atoms with Crippen LogP contribution in [0.15, 0.2) is 52.3 Å². The number of anilines is 1. The molecule has 2 atom stereocenters. The van der Waals surface area contributed by atoms with Crippen LogP contribution in [0, 0.1) is 11.8 Å². The number of amides is 2. The molecule has 0 unspecified atom stereocenters. The fraction of sp³-hybridized carbons (Fsp3) is 0.333. The lowest BCUT2D eigenvalue weighted by Crippen LogP contribution is -2.42. The summed E-state index contributed by atoms with van der Waals surface area (Å²) < 4.78 is 5.25. The van der Waals surface area contributed by atoms with E-state index < -0.39 is 0 Å². The number of ether oxygens (including phenoxy) is 1. The Labute approximate surface area is 181 Å². The van der Waals surface area contributed by atoms with E-state index in [1.54, 1.807) is 13.2 Å². The summed E-state index contributed by atoms with van der Waals surface area (Å²) in [5, 5.41) is 2.94. The number of piperidine rings is 1. The van der Waals surface area contributed by atoms with E-state index in [1.165, 1.54) is 11.8 Å². The van der Waals surface area contributed by atoms with Crippen LogP contribution in [-0.2, 0) is 4.79 Å². The van der Waals surface area contributed by atoms with Gasteiger partial charge in [0.25, 0.3) is 11.8 Å². The van der Waals surface area contributed by atoms with Gasteiger partial charge in [-0.05, 0) is 60.2 Å². The van der Waals surface area contributed by atoms with E-state index in [9.17, 15) is 9.59 Å². The second-order valence-corrected chi connectivity index (χ2v) is 9.29. The predicted octanol–water partition coefficient (Wildman–Crippen LogP) is 4.90. The maximum absolute atomic E-state index is 13.0. The number of nitrogens with zero attached hydrogens (tertiary/aromatic N) is 1. The Morgan fingerprint density at radius 1 is 1.17 bits per heavy atom. The summed E-state index contributed by atoms with van der Waals surface area (Å²) in [6.45, 7) is 5.95. The lowest BCUT2D eigenvalue weighted by molar-refractivity contribution is -0.112. The first-order valence-corrected chi connectivity index (χ1v) is 11.0. The van der Waals surface area contributed by atoms with Gasteiger partial charge >= 0.3 is 0 Å². The van der Waals surface area contributed by atoms with Gasteiger partial charge in [0, 0.05) is 23.5 Å². The summed E-state index contributed by atoms with van der Waals surface area (Å²) in [6, 6.07) is 13.2. The van der Waals surface area contributed by atoms with Crippen LogP contribution in [0.25, 0.3) is 6.08 Å². The lowest BCUT2D eigenvalue weighted by Gasteiger charge is -2.35. The number of thioether (sulfide) groups is 1. The van der Waals surface area contributed by atoms with Gasteiger partial charge in [-0.25, -0.2) is 0 Å². The van der Waals surface area contributed by atoms with Gasteiger partial charge in [0.2, 0.25) is 0 Å². The molecule has 2 aliphatic heterocycles. The molecule has 0 bridgehead atoms. The first kappa shape index (κ1) is 20.5.